The highest BCUT2D eigenvalue weighted by Gasteiger charge is 2.08. The summed E-state index contributed by atoms with van der Waals surface area (Å²) in [6, 6.07) is 13.7. The maximum Gasteiger partial charge on any atom is 0.251 e. The van der Waals surface area contributed by atoms with Crippen molar-refractivity contribution in [3.63, 3.8) is 0 Å². The molecule has 0 saturated carbocycles. The molecule has 2 aromatic rings. The third kappa shape index (κ3) is 9.14. The van der Waals surface area contributed by atoms with E-state index < -0.39 is 0 Å². The smallest absolute Gasteiger partial charge is 0.251 e. The van der Waals surface area contributed by atoms with Crippen LogP contribution in [-0.4, -0.2) is 45.8 Å². The summed E-state index contributed by atoms with van der Waals surface area (Å²) in [5.41, 5.74) is 3.83. The molecule has 0 radical (unpaired) electrons. The van der Waals surface area contributed by atoms with E-state index in [2.05, 4.69) is 27.0 Å². The van der Waals surface area contributed by atoms with Gasteiger partial charge >= 0.3 is 0 Å². The second-order valence-electron chi connectivity index (χ2n) is 6.79. The highest BCUT2D eigenvalue weighted by Crippen LogP contribution is 2.20. The summed E-state index contributed by atoms with van der Waals surface area (Å²) in [5.74, 6) is 1.44. The molecule has 0 aliphatic rings. The minimum Gasteiger partial charge on any atom is -0.491 e. The monoisotopic (exact) mass is 540 g/mol. The lowest BCUT2D eigenvalue weighted by Crippen LogP contribution is -2.36. The van der Waals surface area contributed by atoms with Crippen molar-refractivity contribution in [3.05, 3.63) is 64.7 Å². The van der Waals surface area contributed by atoms with E-state index in [4.69, 9.17) is 9.47 Å². The molecule has 0 bridgehead atoms. The third-order valence-corrected chi connectivity index (χ3v) is 4.42. The van der Waals surface area contributed by atoms with Crippen molar-refractivity contribution in [3.8, 4) is 5.75 Å². The molecule has 0 aromatic heterocycles. The average molecular weight is 540 g/mol. The largest absolute Gasteiger partial charge is 0.491 e. The Labute approximate surface area is 202 Å². The molecule has 3 N–H and O–H groups in total. The molecule has 0 spiro atoms. The standard InChI is InChI=1S/C23H32N4O3.HI/c1-5-25-22(28)19-8-6-7-18(14-19)15-26-23(24-3)27-16-20-10-9-17(2)13-21(20)30-12-11-29-4;/h6-10,13-14H,5,11-12,15-16H2,1-4H3,(H,25,28)(H2,24,26,27);1H. The van der Waals surface area contributed by atoms with Gasteiger partial charge in [0.2, 0.25) is 0 Å². The lowest BCUT2D eigenvalue weighted by Gasteiger charge is -2.15. The van der Waals surface area contributed by atoms with E-state index in [1.165, 1.54) is 0 Å². The summed E-state index contributed by atoms with van der Waals surface area (Å²) in [5, 5.41) is 9.41. The first-order chi connectivity index (χ1) is 14.6. The number of hydrogen-bond acceptors (Lipinski definition) is 4. The number of halogens is 1. The molecule has 0 heterocycles. The number of carbonyl (C=O) groups excluding carboxylic acids is 1. The Morgan fingerprint density at radius 3 is 2.52 bits per heavy atom. The van der Waals surface area contributed by atoms with Gasteiger partial charge in [0.25, 0.3) is 5.91 Å². The Kier molecular flexibility index (Phi) is 12.6. The highest BCUT2D eigenvalue weighted by atomic mass is 127. The fourth-order valence-electron chi connectivity index (χ4n) is 2.85. The molecule has 170 valence electrons. The number of benzene rings is 2. The first-order valence-electron chi connectivity index (χ1n) is 10.1. The molecule has 2 rings (SSSR count). The molecule has 2 aromatic carbocycles. The van der Waals surface area contributed by atoms with Gasteiger partial charge in [0, 0.05) is 44.9 Å². The number of amides is 1. The predicted octanol–water partition coefficient (Wildman–Crippen LogP) is 3.25. The van der Waals surface area contributed by atoms with Crippen molar-refractivity contribution in [2.45, 2.75) is 26.9 Å². The molecule has 0 atom stereocenters. The second kappa shape index (κ2) is 14.6. The van der Waals surface area contributed by atoms with Crippen molar-refractivity contribution < 1.29 is 14.3 Å². The zero-order valence-electron chi connectivity index (χ0n) is 18.7. The lowest BCUT2D eigenvalue weighted by molar-refractivity contribution is 0.0955. The molecule has 0 aliphatic carbocycles. The molecule has 1 amide bonds. The zero-order valence-corrected chi connectivity index (χ0v) is 21.0. The van der Waals surface area contributed by atoms with E-state index in [0.717, 1.165) is 22.4 Å². The minimum atomic E-state index is -0.0674. The first kappa shape index (κ1) is 26.7. The van der Waals surface area contributed by atoms with Crippen LogP contribution in [0.2, 0.25) is 0 Å². The number of methoxy groups -OCH3 is 1. The van der Waals surface area contributed by atoms with Crippen molar-refractivity contribution in [1.82, 2.24) is 16.0 Å². The fraction of sp³-hybridized carbons (Fsp3) is 0.391. The zero-order chi connectivity index (χ0) is 21.8. The summed E-state index contributed by atoms with van der Waals surface area (Å²) in [7, 11) is 3.38. The number of nitrogens with zero attached hydrogens (tertiary/aromatic N) is 1. The maximum absolute atomic E-state index is 12.0. The summed E-state index contributed by atoms with van der Waals surface area (Å²) < 4.78 is 10.9. The van der Waals surface area contributed by atoms with Gasteiger partial charge in [-0.05, 0) is 43.2 Å². The van der Waals surface area contributed by atoms with Gasteiger partial charge in [-0.2, -0.15) is 0 Å². The maximum atomic E-state index is 12.0. The molecule has 0 saturated heterocycles. The molecular formula is C23H33IN4O3. The van der Waals surface area contributed by atoms with Crippen LogP contribution in [0.3, 0.4) is 0 Å². The van der Waals surface area contributed by atoms with Gasteiger partial charge in [-0.15, -0.1) is 24.0 Å². The fourth-order valence-corrected chi connectivity index (χ4v) is 2.85. The molecule has 31 heavy (non-hydrogen) atoms. The van der Waals surface area contributed by atoms with Crippen LogP contribution in [0.25, 0.3) is 0 Å². The summed E-state index contributed by atoms with van der Waals surface area (Å²) in [4.78, 5) is 16.3. The number of guanidine groups is 1. The summed E-state index contributed by atoms with van der Waals surface area (Å²) >= 11 is 0. The SMILES string of the molecule is CCNC(=O)c1cccc(CNC(=NC)NCc2ccc(C)cc2OCCOC)c1.I. The highest BCUT2D eigenvalue weighted by molar-refractivity contribution is 14.0. The van der Waals surface area contributed by atoms with Gasteiger partial charge in [0.05, 0.1) is 6.61 Å². The minimum absolute atomic E-state index is 0. The quantitative estimate of drug-likeness (QED) is 0.187. The van der Waals surface area contributed by atoms with Crippen molar-refractivity contribution >= 4 is 35.8 Å². The van der Waals surface area contributed by atoms with E-state index in [1.807, 2.05) is 50.2 Å². The molecule has 0 unspecified atom stereocenters. The molecular weight excluding hydrogens is 507 g/mol. The number of aryl methyl sites for hydroxylation is 1. The Bertz CT molecular complexity index is 858. The van der Waals surface area contributed by atoms with E-state index in [9.17, 15) is 4.79 Å². The molecule has 7 nitrogen and oxygen atoms in total. The van der Waals surface area contributed by atoms with Crippen LogP contribution in [0.4, 0.5) is 0 Å². The third-order valence-electron chi connectivity index (χ3n) is 4.42. The van der Waals surface area contributed by atoms with Crippen LogP contribution < -0.4 is 20.7 Å². The first-order valence-corrected chi connectivity index (χ1v) is 10.1. The van der Waals surface area contributed by atoms with Crippen LogP contribution in [-0.2, 0) is 17.8 Å². The van der Waals surface area contributed by atoms with Crippen LogP contribution in [0, 0.1) is 6.92 Å². The van der Waals surface area contributed by atoms with Crippen molar-refractivity contribution in [1.29, 1.82) is 0 Å². The predicted molar refractivity (Wildman–Crippen MR) is 135 cm³/mol. The molecule has 8 heteroatoms. The molecule has 0 aliphatic heterocycles. The average Bonchev–Trinajstić information content (AvgIpc) is 2.75. The van der Waals surface area contributed by atoms with Crippen molar-refractivity contribution in [2.75, 3.05) is 33.9 Å². The Hall–Kier alpha value is -2.33. The Balaban J connectivity index is 0.00000480. The van der Waals surface area contributed by atoms with E-state index in [0.29, 0.717) is 44.4 Å². The normalized spacial score (nSPS) is 10.8. The van der Waals surface area contributed by atoms with Crippen LogP contribution >= 0.6 is 24.0 Å². The Morgan fingerprint density at radius 1 is 1.03 bits per heavy atom. The van der Waals surface area contributed by atoms with Gasteiger partial charge < -0.3 is 25.4 Å². The number of hydrogen-bond donors (Lipinski definition) is 3. The summed E-state index contributed by atoms with van der Waals surface area (Å²) in [6.45, 7) is 6.71. The van der Waals surface area contributed by atoms with Crippen LogP contribution in [0.1, 0.15) is 34.0 Å². The molecule has 0 fully saturated rings. The topological polar surface area (TPSA) is 84.0 Å². The van der Waals surface area contributed by atoms with E-state index >= 15 is 0 Å². The lowest BCUT2D eigenvalue weighted by atomic mass is 10.1. The van der Waals surface area contributed by atoms with Crippen molar-refractivity contribution in [2.24, 2.45) is 4.99 Å². The van der Waals surface area contributed by atoms with Gasteiger partial charge in [0.15, 0.2) is 5.96 Å². The number of nitrogens with one attached hydrogen (secondary N) is 3. The second-order valence-corrected chi connectivity index (χ2v) is 6.79. The number of carbonyl (C=O) groups is 1. The van der Waals surface area contributed by atoms with E-state index in [1.54, 1.807) is 14.2 Å². The number of ether oxygens (including phenoxy) is 2. The van der Waals surface area contributed by atoms with E-state index in [-0.39, 0.29) is 29.9 Å². The van der Waals surface area contributed by atoms with Crippen LogP contribution in [0.15, 0.2) is 47.5 Å². The van der Waals surface area contributed by atoms with Gasteiger partial charge in [-0.25, -0.2) is 0 Å². The number of aliphatic imine (C=N–C) groups is 1. The van der Waals surface area contributed by atoms with Gasteiger partial charge in [-0.3, -0.25) is 9.79 Å². The summed E-state index contributed by atoms with van der Waals surface area (Å²) in [6.07, 6.45) is 0. The van der Waals surface area contributed by atoms with Gasteiger partial charge in [0.1, 0.15) is 12.4 Å². The van der Waals surface area contributed by atoms with Crippen LogP contribution in [0.5, 0.6) is 5.75 Å². The number of rotatable bonds is 10. The Morgan fingerprint density at radius 2 is 1.81 bits per heavy atom. The van der Waals surface area contributed by atoms with Gasteiger partial charge in [-0.1, -0.05) is 24.3 Å².